The van der Waals surface area contributed by atoms with Crippen molar-refractivity contribution in [3.8, 4) is 0 Å². The van der Waals surface area contributed by atoms with Gasteiger partial charge in [-0.3, -0.25) is 4.55 Å². The molecule has 0 aliphatic rings. The van der Waals surface area contributed by atoms with E-state index in [0.29, 0.717) is 11.4 Å². The van der Waals surface area contributed by atoms with Crippen LogP contribution < -0.4 is 5.73 Å². The van der Waals surface area contributed by atoms with Crippen molar-refractivity contribution in [1.29, 1.82) is 0 Å². The molecule has 0 fully saturated rings. The summed E-state index contributed by atoms with van der Waals surface area (Å²) in [7, 11) is -4.06. The van der Waals surface area contributed by atoms with Gasteiger partial charge in [-0.2, -0.15) is 8.42 Å². The molecule has 0 aliphatic carbocycles. The van der Waals surface area contributed by atoms with Gasteiger partial charge in [0.15, 0.2) is 0 Å². The molecule has 0 aliphatic heterocycles. The number of nitrogens with two attached hydrogens (primary N) is 1. The minimum Gasteiger partial charge on any atom is -0.383 e. The zero-order valence-corrected chi connectivity index (χ0v) is 13.6. The molecule has 0 atom stereocenters. The third kappa shape index (κ3) is 4.02. The molecular weight excluding hydrogens is 314 g/mol. The average Bonchev–Trinajstić information content (AvgIpc) is 2.50. The molecule has 0 bridgehead atoms. The van der Waals surface area contributed by atoms with Crippen LogP contribution in [-0.4, -0.2) is 22.9 Å². The average molecular weight is 331 g/mol. The molecule has 2 aromatic carbocycles. The maximum absolute atomic E-state index is 10.8. The molecule has 3 N–H and O–H groups in total. The van der Waals surface area contributed by atoms with Crippen LogP contribution in [0.15, 0.2) is 53.7 Å². The van der Waals surface area contributed by atoms with Crippen LogP contribution in [0.5, 0.6) is 0 Å². The molecule has 1 aromatic heterocycles. The number of aromatic nitrogens is 2. The fourth-order valence-electron chi connectivity index (χ4n) is 2.03. The van der Waals surface area contributed by atoms with Crippen molar-refractivity contribution in [2.45, 2.75) is 18.7 Å². The minimum atomic E-state index is -4.06. The van der Waals surface area contributed by atoms with Gasteiger partial charge in [0.2, 0.25) is 0 Å². The van der Waals surface area contributed by atoms with Crippen molar-refractivity contribution in [2.75, 3.05) is 5.73 Å². The number of hydrogen-bond acceptors (Lipinski definition) is 5. The Balaban J connectivity index is 0.000000167. The topological polar surface area (TPSA) is 106 Å². The SMILES string of the molecule is Cc1cccc(S(=O)(=O)O)c1C.Nc1ncnc2ccccc12. The first-order valence-electron chi connectivity index (χ1n) is 6.79. The number of hydrogen-bond donors (Lipinski definition) is 2. The van der Waals surface area contributed by atoms with Gasteiger partial charge in [-0.25, -0.2) is 9.97 Å². The smallest absolute Gasteiger partial charge is 0.294 e. The van der Waals surface area contributed by atoms with E-state index < -0.39 is 10.1 Å². The molecule has 0 spiro atoms. The van der Waals surface area contributed by atoms with Crippen LogP contribution >= 0.6 is 0 Å². The van der Waals surface area contributed by atoms with E-state index in [-0.39, 0.29) is 4.90 Å². The van der Waals surface area contributed by atoms with Gasteiger partial charge < -0.3 is 5.73 Å². The van der Waals surface area contributed by atoms with E-state index in [9.17, 15) is 8.42 Å². The fourth-order valence-corrected chi connectivity index (χ4v) is 2.83. The zero-order valence-electron chi connectivity index (χ0n) is 12.8. The second-order valence-electron chi connectivity index (χ2n) is 4.95. The molecule has 3 aromatic rings. The summed E-state index contributed by atoms with van der Waals surface area (Å²) in [6.07, 6.45) is 1.47. The number of fused-ring (bicyclic) bond motifs is 1. The Morgan fingerprint density at radius 3 is 2.30 bits per heavy atom. The van der Waals surface area contributed by atoms with Crippen molar-refractivity contribution < 1.29 is 13.0 Å². The van der Waals surface area contributed by atoms with Crippen LogP contribution in [0.2, 0.25) is 0 Å². The largest absolute Gasteiger partial charge is 0.383 e. The molecule has 0 amide bonds. The molecule has 3 rings (SSSR count). The first-order chi connectivity index (χ1) is 10.8. The van der Waals surface area contributed by atoms with Gasteiger partial charge in [0.1, 0.15) is 12.1 Å². The van der Waals surface area contributed by atoms with E-state index in [0.717, 1.165) is 16.5 Å². The number of benzene rings is 2. The monoisotopic (exact) mass is 331 g/mol. The van der Waals surface area contributed by atoms with Crippen molar-refractivity contribution >= 4 is 26.8 Å². The zero-order chi connectivity index (χ0) is 17.0. The lowest BCUT2D eigenvalue weighted by Gasteiger charge is -2.03. The summed E-state index contributed by atoms with van der Waals surface area (Å²) >= 11 is 0. The van der Waals surface area contributed by atoms with Crippen molar-refractivity contribution in [3.63, 3.8) is 0 Å². The maximum Gasteiger partial charge on any atom is 0.294 e. The third-order valence-electron chi connectivity index (χ3n) is 3.41. The van der Waals surface area contributed by atoms with E-state index in [2.05, 4.69) is 9.97 Å². The van der Waals surface area contributed by atoms with Gasteiger partial charge in [-0.15, -0.1) is 0 Å². The molecule has 120 valence electrons. The number of rotatable bonds is 1. The Morgan fingerprint density at radius 2 is 1.70 bits per heavy atom. The second-order valence-corrected chi connectivity index (χ2v) is 6.34. The molecule has 0 unspecified atom stereocenters. The fraction of sp³-hybridized carbons (Fsp3) is 0.125. The highest BCUT2D eigenvalue weighted by Gasteiger charge is 2.12. The quantitative estimate of drug-likeness (QED) is 0.664. The lowest BCUT2D eigenvalue weighted by molar-refractivity contribution is 0.482. The first-order valence-corrected chi connectivity index (χ1v) is 8.23. The molecule has 1 heterocycles. The van der Waals surface area contributed by atoms with E-state index in [4.69, 9.17) is 10.3 Å². The summed E-state index contributed by atoms with van der Waals surface area (Å²) < 4.78 is 30.3. The van der Waals surface area contributed by atoms with Crippen LogP contribution in [0.25, 0.3) is 10.9 Å². The summed E-state index contributed by atoms with van der Waals surface area (Å²) in [6, 6.07) is 12.4. The lowest BCUT2D eigenvalue weighted by atomic mass is 10.1. The van der Waals surface area contributed by atoms with E-state index in [1.54, 1.807) is 26.0 Å². The standard InChI is InChI=1S/C8H7N3.C8H10O3S/c9-8-6-3-1-2-4-7(6)10-5-11-8;1-6-4-3-5-8(7(6)2)12(9,10)11/h1-5H,(H2,9,10,11);3-5H,1-2H3,(H,9,10,11). The van der Waals surface area contributed by atoms with E-state index >= 15 is 0 Å². The maximum atomic E-state index is 10.8. The number of nitrogens with zero attached hydrogens (tertiary/aromatic N) is 2. The second kappa shape index (κ2) is 6.72. The van der Waals surface area contributed by atoms with Crippen LogP contribution in [0.4, 0.5) is 5.82 Å². The molecule has 23 heavy (non-hydrogen) atoms. The Morgan fingerprint density at radius 1 is 1.00 bits per heavy atom. The van der Waals surface area contributed by atoms with Gasteiger partial charge in [0.25, 0.3) is 10.1 Å². The lowest BCUT2D eigenvalue weighted by Crippen LogP contribution is -2.01. The van der Waals surface area contributed by atoms with Crippen molar-refractivity contribution in [3.05, 3.63) is 59.9 Å². The van der Waals surface area contributed by atoms with Crippen LogP contribution in [0.3, 0.4) is 0 Å². The molecular formula is C16H17N3O3S. The predicted molar refractivity (Wildman–Crippen MR) is 89.7 cm³/mol. The van der Waals surface area contributed by atoms with E-state index in [1.165, 1.54) is 12.4 Å². The molecule has 0 saturated heterocycles. The Labute approximate surface area is 134 Å². The predicted octanol–water partition coefficient (Wildman–Crippen LogP) is 2.76. The van der Waals surface area contributed by atoms with Crippen LogP contribution in [0, 0.1) is 13.8 Å². The Hall–Kier alpha value is -2.51. The molecule has 7 heteroatoms. The third-order valence-corrected chi connectivity index (χ3v) is 4.40. The summed E-state index contributed by atoms with van der Waals surface area (Å²) in [5.41, 5.74) is 7.94. The minimum absolute atomic E-state index is 0.0116. The normalized spacial score (nSPS) is 10.9. The highest BCUT2D eigenvalue weighted by molar-refractivity contribution is 7.85. The number of nitrogen functional groups attached to an aromatic ring is 1. The van der Waals surface area contributed by atoms with Crippen molar-refractivity contribution in [2.24, 2.45) is 0 Å². The van der Waals surface area contributed by atoms with Crippen LogP contribution in [-0.2, 0) is 10.1 Å². The summed E-state index contributed by atoms with van der Waals surface area (Å²) in [5, 5.41) is 0.912. The van der Waals surface area contributed by atoms with Gasteiger partial charge in [0.05, 0.1) is 10.4 Å². The highest BCUT2D eigenvalue weighted by Crippen LogP contribution is 2.17. The summed E-state index contributed by atoms with van der Waals surface area (Å²) in [6.45, 7) is 3.46. The van der Waals surface area contributed by atoms with Crippen LogP contribution in [0.1, 0.15) is 11.1 Å². The molecule has 0 saturated carbocycles. The highest BCUT2D eigenvalue weighted by atomic mass is 32.2. The number of anilines is 1. The Bertz CT molecular complexity index is 935. The van der Waals surface area contributed by atoms with Gasteiger partial charge >= 0.3 is 0 Å². The number of para-hydroxylation sites is 1. The van der Waals surface area contributed by atoms with E-state index in [1.807, 2.05) is 24.3 Å². The molecule has 0 radical (unpaired) electrons. The number of aryl methyl sites for hydroxylation is 1. The summed E-state index contributed by atoms with van der Waals surface area (Å²) in [5.74, 6) is 0.538. The van der Waals surface area contributed by atoms with Gasteiger partial charge in [0, 0.05) is 5.39 Å². The molecule has 6 nitrogen and oxygen atoms in total. The van der Waals surface area contributed by atoms with Gasteiger partial charge in [-0.05, 0) is 43.2 Å². The first kappa shape index (κ1) is 16.9. The van der Waals surface area contributed by atoms with Gasteiger partial charge in [-0.1, -0.05) is 24.3 Å². The summed E-state index contributed by atoms with van der Waals surface area (Å²) in [4.78, 5) is 7.91. The van der Waals surface area contributed by atoms with Crippen molar-refractivity contribution in [1.82, 2.24) is 9.97 Å². The Kier molecular flexibility index (Phi) is 4.92.